The zero-order valence-corrected chi connectivity index (χ0v) is 16.3. The topological polar surface area (TPSA) is 98.7 Å². The van der Waals surface area contributed by atoms with Crippen LogP contribution >= 0.6 is 23.1 Å². The maximum Gasteiger partial charge on any atom is 0.236 e. The molecule has 26 heavy (non-hydrogen) atoms. The largest absolute Gasteiger partial charge is 0.461 e. The van der Waals surface area contributed by atoms with Crippen LogP contribution in [0, 0.1) is 0 Å². The molecule has 0 radical (unpaired) electrons. The zero-order valence-electron chi connectivity index (χ0n) is 14.6. The van der Waals surface area contributed by atoms with E-state index in [1.807, 2.05) is 23.6 Å². The first-order valence-electron chi connectivity index (χ1n) is 8.43. The smallest absolute Gasteiger partial charge is 0.236 e. The molecule has 1 amide bonds. The third kappa shape index (κ3) is 4.50. The molecule has 1 N–H and O–H groups in total. The third-order valence-electron chi connectivity index (χ3n) is 3.54. The Kier molecular flexibility index (Phi) is 6.40. The number of nitrogens with zero attached hydrogens (tertiary/aromatic N) is 5. The molecular formula is C16H20N6O2S2. The Labute approximate surface area is 159 Å². The summed E-state index contributed by atoms with van der Waals surface area (Å²) in [5, 5.41) is 21.3. The third-order valence-corrected chi connectivity index (χ3v) is 5.49. The molecule has 0 saturated carbocycles. The number of aryl methyl sites for hydroxylation is 1. The van der Waals surface area contributed by atoms with Crippen LogP contribution in [0.3, 0.4) is 0 Å². The van der Waals surface area contributed by atoms with Crippen molar-refractivity contribution in [3.63, 3.8) is 0 Å². The molecule has 8 nitrogen and oxygen atoms in total. The van der Waals surface area contributed by atoms with Gasteiger partial charge in [0.15, 0.2) is 16.7 Å². The number of unbranched alkanes of at least 4 members (excludes halogenated alkanes) is 1. The van der Waals surface area contributed by atoms with Gasteiger partial charge in [0.2, 0.25) is 11.0 Å². The standard InChI is InChI=1S/C16H20N6O2S2/c1-3-5-8-22-14(11-7-6-9-24-11)19-21-16(22)25-10-12(23)17-15-20-18-13(4-2)26-15/h6-7,9H,3-5,8,10H2,1-2H3,(H,17,20,23). The first-order valence-corrected chi connectivity index (χ1v) is 10.2. The summed E-state index contributed by atoms with van der Waals surface area (Å²) in [4.78, 5) is 12.2. The van der Waals surface area contributed by atoms with Gasteiger partial charge in [-0.25, -0.2) is 0 Å². The van der Waals surface area contributed by atoms with Crippen LogP contribution in [-0.2, 0) is 17.8 Å². The van der Waals surface area contributed by atoms with Crippen LogP contribution in [0.1, 0.15) is 31.7 Å². The van der Waals surface area contributed by atoms with E-state index in [2.05, 4.69) is 32.6 Å². The van der Waals surface area contributed by atoms with Crippen LogP contribution in [0.5, 0.6) is 0 Å². The number of carbonyl (C=O) groups excluding carboxylic acids is 1. The number of carbonyl (C=O) groups is 1. The Balaban J connectivity index is 1.65. The molecule has 0 aliphatic heterocycles. The summed E-state index contributed by atoms with van der Waals surface area (Å²) in [6, 6.07) is 3.68. The van der Waals surface area contributed by atoms with Gasteiger partial charge in [0, 0.05) is 6.54 Å². The molecule has 3 aromatic heterocycles. The summed E-state index contributed by atoms with van der Waals surface area (Å²) < 4.78 is 7.45. The molecule has 10 heteroatoms. The number of thioether (sulfide) groups is 1. The van der Waals surface area contributed by atoms with Crippen molar-refractivity contribution in [2.75, 3.05) is 11.1 Å². The fourth-order valence-electron chi connectivity index (χ4n) is 2.23. The van der Waals surface area contributed by atoms with Crippen molar-refractivity contribution in [2.24, 2.45) is 0 Å². The molecule has 0 atom stereocenters. The number of hydrogen-bond acceptors (Lipinski definition) is 8. The van der Waals surface area contributed by atoms with E-state index in [4.69, 9.17) is 4.42 Å². The van der Waals surface area contributed by atoms with Crippen molar-refractivity contribution in [3.8, 4) is 11.6 Å². The highest BCUT2D eigenvalue weighted by atomic mass is 32.2. The van der Waals surface area contributed by atoms with Crippen LogP contribution < -0.4 is 5.32 Å². The van der Waals surface area contributed by atoms with Crippen LogP contribution in [-0.4, -0.2) is 36.6 Å². The molecule has 0 aliphatic rings. The maximum absolute atomic E-state index is 12.2. The second-order valence-electron chi connectivity index (χ2n) is 5.48. The molecule has 0 fully saturated rings. The number of amides is 1. The highest BCUT2D eigenvalue weighted by Crippen LogP contribution is 2.25. The molecule has 0 aromatic carbocycles. The van der Waals surface area contributed by atoms with E-state index in [1.165, 1.54) is 23.1 Å². The Bertz CT molecular complexity index is 843. The van der Waals surface area contributed by atoms with E-state index < -0.39 is 0 Å². The number of rotatable bonds is 9. The van der Waals surface area contributed by atoms with Gasteiger partial charge in [-0.1, -0.05) is 43.4 Å². The number of furan rings is 1. The minimum Gasteiger partial charge on any atom is -0.461 e. The lowest BCUT2D eigenvalue weighted by molar-refractivity contribution is -0.113. The Hall–Kier alpha value is -2.20. The lowest BCUT2D eigenvalue weighted by Gasteiger charge is -2.08. The van der Waals surface area contributed by atoms with Crippen molar-refractivity contribution >= 4 is 34.1 Å². The molecule has 3 heterocycles. The van der Waals surface area contributed by atoms with Crippen LogP contribution in [0.2, 0.25) is 0 Å². The fourth-order valence-corrected chi connectivity index (χ4v) is 3.69. The quantitative estimate of drug-likeness (QED) is 0.557. The van der Waals surface area contributed by atoms with Gasteiger partial charge in [-0.3, -0.25) is 14.7 Å². The average molecular weight is 393 g/mol. The summed E-state index contributed by atoms with van der Waals surface area (Å²) >= 11 is 2.74. The summed E-state index contributed by atoms with van der Waals surface area (Å²) in [7, 11) is 0. The van der Waals surface area contributed by atoms with Crippen molar-refractivity contribution in [1.82, 2.24) is 25.0 Å². The minimum absolute atomic E-state index is 0.140. The highest BCUT2D eigenvalue weighted by molar-refractivity contribution is 7.99. The summed E-state index contributed by atoms with van der Waals surface area (Å²) in [6.07, 6.45) is 4.46. The fraction of sp³-hybridized carbons (Fsp3) is 0.438. The first-order chi connectivity index (χ1) is 12.7. The van der Waals surface area contributed by atoms with Crippen LogP contribution in [0.15, 0.2) is 28.0 Å². The maximum atomic E-state index is 12.2. The molecule has 3 aromatic rings. The van der Waals surface area contributed by atoms with E-state index in [9.17, 15) is 4.79 Å². The highest BCUT2D eigenvalue weighted by Gasteiger charge is 2.17. The number of hydrogen-bond donors (Lipinski definition) is 1. The molecule has 0 bridgehead atoms. The average Bonchev–Trinajstić information content (AvgIpc) is 3.38. The second kappa shape index (κ2) is 8.95. The zero-order chi connectivity index (χ0) is 18.4. The molecule has 0 unspecified atom stereocenters. The molecular weight excluding hydrogens is 372 g/mol. The van der Waals surface area contributed by atoms with Gasteiger partial charge in [-0.15, -0.1) is 20.4 Å². The number of nitrogens with one attached hydrogen (secondary N) is 1. The van der Waals surface area contributed by atoms with Gasteiger partial charge in [0.25, 0.3) is 0 Å². The van der Waals surface area contributed by atoms with Crippen LogP contribution in [0.25, 0.3) is 11.6 Å². The van der Waals surface area contributed by atoms with E-state index in [1.54, 1.807) is 6.26 Å². The number of anilines is 1. The monoisotopic (exact) mass is 392 g/mol. The van der Waals surface area contributed by atoms with Crippen LogP contribution in [0.4, 0.5) is 5.13 Å². The van der Waals surface area contributed by atoms with Gasteiger partial charge in [0.05, 0.1) is 12.0 Å². The van der Waals surface area contributed by atoms with Gasteiger partial charge < -0.3 is 4.42 Å². The first kappa shape index (κ1) is 18.6. The minimum atomic E-state index is -0.140. The van der Waals surface area contributed by atoms with Gasteiger partial charge >= 0.3 is 0 Å². The lowest BCUT2D eigenvalue weighted by atomic mass is 10.3. The normalized spacial score (nSPS) is 11.0. The SMILES string of the molecule is CCCCn1c(SCC(=O)Nc2nnc(CC)s2)nnc1-c1ccco1. The summed E-state index contributed by atoms with van der Waals surface area (Å²) in [5.41, 5.74) is 0. The van der Waals surface area contributed by atoms with Gasteiger partial charge in [-0.2, -0.15) is 0 Å². The predicted molar refractivity (Wildman–Crippen MR) is 101 cm³/mol. The van der Waals surface area contributed by atoms with E-state index in [0.29, 0.717) is 21.9 Å². The van der Waals surface area contributed by atoms with Crippen molar-refractivity contribution < 1.29 is 9.21 Å². The Morgan fingerprint density at radius 3 is 2.88 bits per heavy atom. The molecule has 0 aliphatic carbocycles. The van der Waals surface area contributed by atoms with Gasteiger partial charge in [0.1, 0.15) is 5.01 Å². The molecule has 3 rings (SSSR count). The predicted octanol–water partition coefficient (Wildman–Crippen LogP) is 3.48. The van der Waals surface area contributed by atoms with E-state index in [0.717, 1.165) is 30.8 Å². The van der Waals surface area contributed by atoms with E-state index >= 15 is 0 Å². The number of aromatic nitrogens is 5. The van der Waals surface area contributed by atoms with E-state index in [-0.39, 0.29) is 11.7 Å². The molecule has 138 valence electrons. The second-order valence-corrected chi connectivity index (χ2v) is 7.48. The van der Waals surface area contributed by atoms with Gasteiger partial charge in [-0.05, 0) is 25.0 Å². The van der Waals surface area contributed by atoms with Crippen molar-refractivity contribution in [2.45, 2.75) is 44.8 Å². The van der Waals surface area contributed by atoms with Crippen molar-refractivity contribution in [3.05, 3.63) is 23.4 Å². The summed E-state index contributed by atoms with van der Waals surface area (Å²) in [5.74, 6) is 1.44. The Morgan fingerprint density at radius 1 is 1.31 bits per heavy atom. The summed E-state index contributed by atoms with van der Waals surface area (Å²) in [6.45, 7) is 4.91. The Morgan fingerprint density at radius 2 is 2.19 bits per heavy atom. The van der Waals surface area contributed by atoms with Crippen molar-refractivity contribution in [1.29, 1.82) is 0 Å². The lowest BCUT2D eigenvalue weighted by Crippen LogP contribution is -2.14. The molecule has 0 saturated heterocycles. The molecule has 0 spiro atoms.